The first-order valence-corrected chi connectivity index (χ1v) is 6.78. The molecule has 0 bridgehead atoms. The summed E-state index contributed by atoms with van der Waals surface area (Å²) < 4.78 is 0. The van der Waals surface area contributed by atoms with Crippen molar-refractivity contribution in [3.63, 3.8) is 0 Å². The molecule has 2 aromatic carbocycles. The zero-order valence-corrected chi connectivity index (χ0v) is 11.5. The molecule has 0 aliphatic carbocycles. The van der Waals surface area contributed by atoms with E-state index in [2.05, 4.69) is 0 Å². The topological polar surface area (TPSA) is 43.1 Å². The van der Waals surface area contributed by atoms with E-state index >= 15 is 0 Å². The maximum atomic E-state index is 11.5. The van der Waals surface area contributed by atoms with E-state index in [1.54, 1.807) is 0 Å². The first-order valence-electron chi connectivity index (χ1n) is 5.96. The third-order valence-corrected chi connectivity index (χ3v) is 3.64. The van der Waals surface area contributed by atoms with Gasteiger partial charge in [0.25, 0.3) is 5.91 Å². The van der Waals surface area contributed by atoms with E-state index in [0.29, 0.717) is 4.91 Å². The van der Waals surface area contributed by atoms with Gasteiger partial charge in [0.15, 0.2) is 0 Å². The van der Waals surface area contributed by atoms with Gasteiger partial charge in [-0.15, -0.1) is 0 Å². The second-order valence-corrected chi connectivity index (χ2v) is 5.31. The molecule has 1 amide bonds. The largest absolute Gasteiger partial charge is 0.365 e. The average molecular weight is 269 g/mol. The fourth-order valence-corrected chi connectivity index (χ4v) is 2.41. The quantitative estimate of drug-likeness (QED) is 0.680. The Morgan fingerprint density at radius 2 is 1.68 bits per heavy atom. The normalized spacial score (nSPS) is 11.3. The zero-order valence-electron chi connectivity index (χ0n) is 10.7. The van der Waals surface area contributed by atoms with Crippen molar-refractivity contribution in [3.05, 3.63) is 70.6 Å². The molecule has 0 saturated carbocycles. The maximum absolute atomic E-state index is 11.5. The Balaban J connectivity index is 2.24. The first-order chi connectivity index (χ1) is 9.15. The lowest BCUT2D eigenvalue weighted by molar-refractivity contribution is -0.113. The monoisotopic (exact) mass is 269 g/mol. The van der Waals surface area contributed by atoms with Crippen LogP contribution in [0.4, 0.5) is 0 Å². The molecule has 0 saturated heterocycles. The van der Waals surface area contributed by atoms with Crippen molar-refractivity contribution in [1.82, 2.24) is 0 Å². The summed E-state index contributed by atoms with van der Waals surface area (Å²) in [6.07, 6.45) is 1.81. The summed E-state index contributed by atoms with van der Waals surface area (Å²) in [5, 5.41) is 0. The van der Waals surface area contributed by atoms with Crippen molar-refractivity contribution in [1.29, 1.82) is 0 Å². The summed E-state index contributed by atoms with van der Waals surface area (Å²) in [7, 11) is 0. The van der Waals surface area contributed by atoms with Crippen LogP contribution in [-0.4, -0.2) is 5.91 Å². The number of hydrogen-bond donors (Lipinski definition) is 1. The van der Waals surface area contributed by atoms with Gasteiger partial charge in [-0.1, -0.05) is 59.8 Å². The van der Waals surface area contributed by atoms with Crippen LogP contribution in [0.15, 0.2) is 64.4 Å². The average Bonchev–Trinajstić information content (AvgIpc) is 2.41. The molecule has 19 heavy (non-hydrogen) atoms. The molecule has 0 fully saturated rings. The van der Waals surface area contributed by atoms with Crippen LogP contribution >= 0.6 is 11.8 Å². The Morgan fingerprint density at radius 3 is 2.26 bits per heavy atom. The van der Waals surface area contributed by atoms with Gasteiger partial charge in [-0.3, -0.25) is 4.79 Å². The van der Waals surface area contributed by atoms with E-state index in [1.165, 1.54) is 17.3 Å². The second kappa shape index (κ2) is 6.25. The van der Waals surface area contributed by atoms with Gasteiger partial charge in [0, 0.05) is 4.90 Å². The molecule has 0 unspecified atom stereocenters. The molecule has 2 rings (SSSR count). The van der Waals surface area contributed by atoms with Gasteiger partial charge in [0.05, 0.1) is 4.91 Å². The van der Waals surface area contributed by atoms with Crippen LogP contribution in [-0.2, 0) is 4.79 Å². The highest BCUT2D eigenvalue weighted by Gasteiger charge is 2.07. The van der Waals surface area contributed by atoms with Crippen LogP contribution < -0.4 is 5.73 Å². The van der Waals surface area contributed by atoms with Crippen molar-refractivity contribution < 1.29 is 4.79 Å². The number of nitrogens with two attached hydrogens (primary N) is 1. The summed E-state index contributed by atoms with van der Waals surface area (Å²) in [5.74, 6) is -0.408. The SMILES string of the molecule is Cc1ccc(S/C(=C\c2ccccc2)C(N)=O)cc1. The van der Waals surface area contributed by atoms with Crippen LogP contribution in [0.3, 0.4) is 0 Å². The van der Waals surface area contributed by atoms with Crippen LogP contribution in [0, 0.1) is 6.92 Å². The molecule has 2 N–H and O–H groups in total. The number of amides is 1. The number of primary amides is 1. The van der Waals surface area contributed by atoms with E-state index < -0.39 is 5.91 Å². The number of carbonyl (C=O) groups excluding carboxylic acids is 1. The summed E-state index contributed by atoms with van der Waals surface area (Å²) in [5.41, 5.74) is 7.59. The molecule has 0 aliphatic heterocycles. The van der Waals surface area contributed by atoms with Gasteiger partial charge in [-0.2, -0.15) is 0 Å². The summed E-state index contributed by atoms with van der Waals surface area (Å²) in [6.45, 7) is 2.03. The highest BCUT2D eigenvalue weighted by molar-refractivity contribution is 8.04. The summed E-state index contributed by atoms with van der Waals surface area (Å²) in [4.78, 5) is 13.1. The fourth-order valence-electron chi connectivity index (χ4n) is 1.58. The standard InChI is InChI=1S/C16H15NOS/c1-12-7-9-14(10-8-12)19-15(16(17)18)11-13-5-3-2-4-6-13/h2-11H,1H3,(H2,17,18)/b15-11-. The number of benzene rings is 2. The lowest BCUT2D eigenvalue weighted by Gasteiger charge is -2.04. The van der Waals surface area contributed by atoms with Crippen LogP contribution in [0.1, 0.15) is 11.1 Å². The van der Waals surface area contributed by atoms with E-state index in [-0.39, 0.29) is 0 Å². The highest BCUT2D eigenvalue weighted by atomic mass is 32.2. The molecule has 96 valence electrons. The van der Waals surface area contributed by atoms with Gasteiger partial charge in [-0.05, 0) is 30.7 Å². The van der Waals surface area contributed by atoms with E-state index in [1.807, 2.05) is 67.6 Å². The van der Waals surface area contributed by atoms with Gasteiger partial charge < -0.3 is 5.73 Å². The molecule has 0 spiro atoms. The van der Waals surface area contributed by atoms with Crippen molar-refractivity contribution in [2.24, 2.45) is 5.73 Å². The number of rotatable bonds is 4. The number of thioether (sulfide) groups is 1. The molecule has 3 heteroatoms. The van der Waals surface area contributed by atoms with Crippen molar-refractivity contribution in [2.75, 3.05) is 0 Å². The molecule has 0 radical (unpaired) electrons. The second-order valence-electron chi connectivity index (χ2n) is 4.20. The maximum Gasteiger partial charge on any atom is 0.255 e. The van der Waals surface area contributed by atoms with Gasteiger partial charge in [0.2, 0.25) is 0 Å². The molecular weight excluding hydrogens is 254 g/mol. The minimum Gasteiger partial charge on any atom is -0.365 e. The highest BCUT2D eigenvalue weighted by Crippen LogP contribution is 2.28. The Hall–Kier alpha value is -2.00. The molecule has 0 heterocycles. The number of aryl methyl sites for hydroxylation is 1. The third kappa shape index (κ3) is 4.00. The first kappa shape index (κ1) is 13.4. The van der Waals surface area contributed by atoms with Crippen LogP contribution in [0.5, 0.6) is 0 Å². The Morgan fingerprint density at radius 1 is 1.05 bits per heavy atom. The van der Waals surface area contributed by atoms with Crippen LogP contribution in [0.25, 0.3) is 6.08 Å². The predicted octanol–water partition coefficient (Wildman–Crippen LogP) is 3.61. The molecule has 0 aliphatic rings. The lowest BCUT2D eigenvalue weighted by atomic mass is 10.2. The summed E-state index contributed by atoms with van der Waals surface area (Å²) in [6, 6.07) is 17.7. The number of carbonyl (C=O) groups is 1. The number of hydrogen-bond acceptors (Lipinski definition) is 2. The molecule has 0 aromatic heterocycles. The Labute approximate surface area is 117 Å². The minimum atomic E-state index is -0.408. The zero-order chi connectivity index (χ0) is 13.7. The minimum absolute atomic E-state index is 0.408. The third-order valence-electron chi connectivity index (χ3n) is 2.59. The van der Waals surface area contributed by atoms with Gasteiger partial charge in [0.1, 0.15) is 0 Å². The lowest BCUT2D eigenvalue weighted by Crippen LogP contribution is -2.11. The molecular formula is C16H15NOS. The van der Waals surface area contributed by atoms with Gasteiger partial charge in [-0.25, -0.2) is 0 Å². The van der Waals surface area contributed by atoms with Gasteiger partial charge >= 0.3 is 0 Å². The van der Waals surface area contributed by atoms with Crippen LogP contribution in [0.2, 0.25) is 0 Å². The molecule has 2 aromatic rings. The Bertz CT molecular complexity index is 588. The van der Waals surface area contributed by atoms with Crippen molar-refractivity contribution >= 4 is 23.7 Å². The smallest absolute Gasteiger partial charge is 0.255 e. The fraction of sp³-hybridized carbons (Fsp3) is 0.0625. The van der Waals surface area contributed by atoms with Crippen molar-refractivity contribution in [3.8, 4) is 0 Å². The van der Waals surface area contributed by atoms with E-state index in [0.717, 1.165) is 10.5 Å². The molecule has 2 nitrogen and oxygen atoms in total. The van der Waals surface area contributed by atoms with E-state index in [4.69, 9.17) is 5.73 Å². The summed E-state index contributed by atoms with van der Waals surface area (Å²) >= 11 is 1.39. The Kier molecular flexibility index (Phi) is 4.42. The molecule has 0 atom stereocenters. The van der Waals surface area contributed by atoms with Crippen molar-refractivity contribution in [2.45, 2.75) is 11.8 Å². The predicted molar refractivity (Wildman–Crippen MR) is 80.6 cm³/mol. The van der Waals surface area contributed by atoms with E-state index in [9.17, 15) is 4.79 Å².